The fourth-order valence-corrected chi connectivity index (χ4v) is 1.36. The quantitative estimate of drug-likeness (QED) is 0.815. The van der Waals surface area contributed by atoms with Gasteiger partial charge in [0.25, 0.3) is 0 Å². The number of aliphatic hydroxyl groups excluding tert-OH is 1. The summed E-state index contributed by atoms with van der Waals surface area (Å²) in [4.78, 5) is 0. The zero-order chi connectivity index (χ0) is 10.7. The molecule has 4 heteroatoms. The second-order valence-electron chi connectivity index (χ2n) is 3.24. The van der Waals surface area contributed by atoms with Crippen molar-refractivity contribution >= 4 is 22.6 Å². The molecule has 0 bridgehead atoms. The molecule has 1 aromatic heterocycles. The van der Waals surface area contributed by atoms with Gasteiger partial charge in [0, 0.05) is 5.39 Å². The summed E-state index contributed by atoms with van der Waals surface area (Å²) < 4.78 is 10.6. The SMILES string of the molecule is OC(CCl)COc1ccc2occc2c1. The van der Waals surface area contributed by atoms with Crippen molar-refractivity contribution in [1.82, 2.24) is 0 Å². The third-order valence-electron chi connectivity index (χ3n) is 2.04. The summed E-state index contributed by atoms with van der Waals surface area (Å²) in [6.45, 7) is 0.201. The van der Waals surface area contributed by atoms with Crippen molar-refractivity contribution in [1.29, 1.82) is 0 Å². The Labute approximate surface area is 92.2 Å². The van der Waals surface area contributed by atoms with E-state index in [0.717, 1.165) is 11.0 Å². The van der Waals surface area contributed by atoms with Gasteiger partial charge in [0.05, 0.1) is 12.1 Å². The molecule has 0 fully saturated rings. The van der Waals surface area contributed by atoms with E-state index in [4.69, 9.17) is 20.8 Å². The number of halogens is 1. The lowest BCUT2D eigenvalue weighted by Gasteiger charge is -2.09. The van der Waals surface area contributed by atoms with Crippen molar-refractivity contribution < 1.29 is 14.3 Å². The molecule has 1 N–H and O–H groups in total. The molecule has 0 saturated heterocycles. The molecule has 3 nitrogen and oxygen atoms in total. The van der Waals surface area contributed by atoms with Gasteiger partial charge in [0.15, 0.2) is 0 Å². The van der Waals surface area contributed by atoms with Gasteiger partial charge in [-0.3, -0.25) is 0 Å². The lowest BCUT2D eigenvalue weighted by Crippen LogP contribution is -2.18. The molecule has 0 aliphatic heterocycles. The summed E-state index contributed by atoms with van der Waals surface area (Å²) in [5.74, 6) is 0.876. The zero-order valence-electron chi connectivity index (χ0n) is 8.02. The molecule has 1 unspecified atom stereocenters. The van der Waals surface area contributed by atoms with Crippen LogP contribution in [0.4, 0.5) is 0 Å². The maximum atomic E-state index is 9.22. The minimum Gasteiger partial charge on any atom is -0.491 e. The van der Waals surface area contributed by atoms with Crippen LogP contribution in [0.2, 0.25) is 0 Å². The highest BCUT2D eigenvalue weighted by Crippen LogP contribution is 2.21. The first-order chi connectivity index (χ1) is 7.29. The third kappa shape index (κ3) is 2.43. The molecule has 0 spiro atoms. The van der Waals surface area contributed by atoms with Crippen LogP contribution in [0.25, 0.3) is 11.0 Å². The normalized spacial score (nSPS) is 12.9. The van der Waals surface area contributed by atoms with Gasteiger partial charge in [-0.25, -0.2) is 0 Å². The number of fused-ring (bicyclic) bond motifs is 1. The van der Waals surface area contributed by atoms with Crippen molar-refractivity contribution in [3.8, 4) is 5.75 Å². The van der Waals surface area contributed by atoms with E-state index in [1.807, 2.05) is 18.2 Å². The highest BCUT2D eigenvalue weighted by Gasteiger charge is 2.04. The number of ether oxygens (including phenoxy) is 1. The Morgan fingerprint density at radius 2 is 2.27 bits per heavy atom. The van der Waals surface area contributed by atoms with Crippen LogP contribution in [-0.2, 0) is 0 Å². The number of rotatable bonds is 4. The smallest absolute Gasteiger partial charge is 0.134 e. The fourth-order valence-electron chi connectivity index (χ4n) is 1.27. The van der Waals surface area contributed by atoms with Crippen LogP contribution in [0.5, 0.6) is 5.75 Å². The predicted molar refractivity (Wildman–Crippen MR) is 58.4 cm³/mol. The summed E-state index contributed by atoms with van der Waals surface area (Å²) in [6, 6.07) is 7.35. The Morgan fingerprint density at radius 1 is 1.40 bits per heavy atom. The summed E-state index contributed by atoms with van der Waals surface area (Å²) in [6.07, 6.45) is 0.994. The van der Waals surface area contributed by atoms with E-state index in [0.29, 0.717) is 5.75 Å². The van der Waals surface area contributed by atoms with Crippen molar-refractivity contribution in [2.24, 2.45) is 0 Å². The average Bonchev–Trinajstić information content (AvgIpc) is 2.72. The summed E-state index contributed by atoms with van der Waals surface area (Å²) in [5, 5.41) is 10.2. The molecular formula is C11H11ClO3. The van der Waals surface area contributed by atoms with Gasteiger partial charge in [-0.2, -0.15) is 0 Å². The van der Waals surface area contributed by atoms with E-state index in [2.05, 4.69) is 0 Å². The highest BCUT2D eigenvalue weighted by molar-refractivity contribution is 6.18. The molecular weight excluding hydrogens is 216 g/mol. The van der Waals surface area contributed by atoms with Crippen molar-refractivity contribution in [3.05, 3.63) is 30.5 Å². The molecule has 2 aromatic rings. The Morgan fingerprint density at radius 3 is 3.07 bits per heavy atom. The van der Waals surface area contributed by atoms with E-state index >= 15 is 0 Å². The minimum absolute atomic E-state index is 0.175. The van der Waals surface area contributed by atoms with Gasteiger partial charge in [0.2, 0.25) is 0 Å². The summed E-state index contributed by atoms with van der Waals surface area (Å²) in [7, 11) is 0. The van der Waals surface area contributed by atoms with Gasteiger partial charge in [-0.05, 0) is 24.3 Å². The Balaban J connectivity index is 2.08. The monoisotopic (exact) mass is 226 g/mol. The molecule has 0 aliphatic carbocycles. The van der Waals surface area contributed by atoms with Crippen LogP contribution in [0.15, 0.2) is 34.9 Å². The standard InChI is InChI=1S/C11H11ClO3/c12-6-9(13)7-15-10-1-2-11-8(5-10)3-4-14-11/h1-5,9,13H,6-7H2. The topological polar surface area (TPSA) is 42.6 Å². The summed E-state index contributed by atoms with van der Waals surface area (Å²) >= 11 is 5.45. The number of aliphatic hydroxyl groups is 1. The third-order valence-corrected chi connectivity index (χ3v) is 2.40. The highest BCUT2D eigenvalue weighted by atomic mass is 35.5. The molecule has 80 valence electrons. The second-order valence-corrected chi connectivity index (χ2v) is 3.55. The zero-order valence-corrected chi connectivity index (χ0v) is 8.78. The van der Waals surface area contributed by atoms with E-state index in [9.17, 15) is 5.11 Å². The molecule has 0 radical (unpaired) electrons. The van der Waals surface area contributed by atoms with Crippen molar-refractivity contribution in [2.45, 2.75) is 6.10 Å². The van der Waals surface area contributed by atoms with Crippen LogP contribution in [0.1, 0.15) is 0 Å². The van der Waals surface area contributed by atoms with E-state index in [1.54, 1.807) is 12.3 Å². The second kappa shape index (κ2) is 4.55. The van der Waals surface area contributed by atoms with Crippen LogP contribution in [-0.4, -0.2) is 23.7 Å². The number of benzene rings is 1. The molecule has 0 amide bonds. The molecule has 1 aromatic carbocycles. The fraction of sp³-hybridized carbons (Fsp3) is 0.273. The van der Waals surface area contributed by atoms with Gasteiger partial charge in [-0.15, -0.1) is 11.6 Å². The van der Waals surface area contributed by atoms with E-state index in [-0.39, 0.29) is 12.5 Å². The minimum atomic E-state index is -0.633. The van der Waals surface area contributed by atoms with Gasteiger partial charge >= 0.3 is 0 Å². The van der Waals surface area contributed by atoms with Crippen molar-refractivity contribution in [2.75, 3.05) is 12.5 Å². The Bertz CT molecular complexity index is 438. The maximum absolute atomic E-state index is 9.22. The van der Waals surface area contributed by atoms with Gasteiger partial charge < -0.3 is 14.3 Å². The maximum Gasteiger partial charge on any atom is 0.134 e. The lowest BCUT2D eigenvalue weighted by atomic mass is 10.2. The van der Waals surface area contributed by atoms with E-state index < -0.39 is 6.10 Å². The first-order valence-corrected chi connectivity index (χ1v) is 5.17. The number of furan rings is 1. The number of alkyl halides is 1. The summed E-state index contributed by atoms with van der Waals surface area (Å²) in [5.41, 5.74) is 0.820. The lowest BCUT2D eigenvalue weighted by molar-refractivity contribution is 0.125. The molecule has 2 rings (SSSR count). The average molecular weight is 227 g/mol. The van der Waals surface area contributed by atoms with Crippen LogP contribution < -0.4 is 4.74 Å². The first-order valence-electron chi connectivity index (χ1n) is 4.63. The Kier molecular flexibility index (Phi) is 3.14. The number of hydrogen-bond acceptors (Lipinski definition) is 3. The molecule has 0 aliphatic rings. The van der Waals surface area contributed by atoms with Crippen LogP contribution in [0.3, 0.4) is 0 Å². The van der Waals surface area contributed by atoms with Gasteiger partial charge in [0.1, 0.15) is 24.0 Å². The molecule has 15 heavy (non-hydrogen) atoms. The van der Waals surface area contributed by atoms with Crippen LogP contribution in [0, 0.1) is 0 Å². The number of hydrogen-bond donors (Lipinski definition) is 1. The van der Waals surface area contributed by atoms with Crippen LogP contribution >= 0.6 is 11.6 Å². The van der Waals surface area contributed by atoms with Gasteiger partial charge in [-0.1, -0.05) is 0 Å². The Hall–Kier alpha value is -1.19. The van der Waals surface area contributed by atoms with E-state index in [1.165, 1.54) is 0 Å². The molecule has 0 saturated carbocycles. The first kappa shape index (κ1) is 10.3. The largest absolute Gasteiger partial charge is 0.491 e. The molecule has 1 heterocycles. The molecule has 1 atom stereocenters. The van der Waals surface area contributed by atoms with Crippen molar-refractivity contribution in [3.63, 3.8) is 0 Å². The predicted octanol–water partition coefficient (Wildman–Crippen LogP) is 2.41.